The molecule has 3 heterocycles. The molecular weight excluding hydrogens is 336 g/mol. The first-order chi connectivity index (χ1) is 12.2. The van der Waals surface area contributed by atoms with Gasteiger partial charge >= 0.3 is 0 Å². The van der Waals surface area contributed by atoms with Gasteiger partial charge in [-0.2, -0.15) is 5.10 Å². The van der Waals surface area contributed by atoms with E-state index >= 15 is 0 Å². The molecule has 0 saturated carbocycles. The number of hydrogen-bond acceptors (Lipinski definition) is 6. The van der Waals surface area contributed by atoms with E-state index in [2.05, 4.69) is 15.4 Å². The molecule has 132 valence electrons. The van der Waals surface area contributed by atoms with Crippen LogP contribution < -0.4 is 11.1 Å². The van der Waals surface area contributed by atoms with E-state index in [4.69, 9.17) is 10.7 Å². The monoisotopic (exact) mass is 358 g/mol. The lowest BCUT2D eigenvalue weighted by Gasteiger charge is -2.24. The van der Waals surface area contributed by atoms with E-state index in [1.807, 2.05) is 17.1 Å². The molecule has 0 aromatic carbocycles. The summed E-state index contributed by atoms with van der Waals surface area (Å²) in [5.74, 6) is 0.0983. The van der Waals surface area contributed by atoms with Gasteiger partial charge in [-0.1, -0.05) is 11.8 Å². The van der Waals surface area contributed by atoms with Crippen LogP contribution in [0.1, 0.15) is 34.5 Å². The molecule has 2 aromatic rings. The van der Waals surface area contributed by atoms with Crippen molar-refractivity contribution in [2.45, 2.75) is 37.4 Å². The number of nitrogens with zero attached hydrogens (tertiary/aromatic N) is 4. The Morgan fingerprint density at radius 3 is 2.92 bits per heavy atom. The second kappa shape index (κ2) is 6.76. The third kappa shape index (κ3) is 3.04. The first kappa shape index (κ1) is 16.5. The lowest BCUT2D eigenvalue weighted by atomic mass is 9.92. The Bertz CT molecular complexity index is 812. The summed E-state index contributed by atoms with van der Waals surface area (Å²) in [6.45, 7) is 2.87. The molecular formula is C17H22N6OS. The van der Waals surface area contributed by atoms with Gasteiger partial charge in [0, 0.05) is 18.3 Å². The van der Waals surface area contributed by atoms with E-state index in [0.717, 1.165) is 73.0 Å². The highest BCUT2D eigenvalue weighted by Crippen LogP contribution is 2.35. The number of carbonyl (C=O) groups excluding carboxylic acids is 1. The molecule has 1 aliphatic heterocycles. The molecule has 0 unspecified atom stereocenters. The molecule has 0 bridgehead atoms. The summed E-state index contributed by atoms with van der Waals surface area (Å²) in [4.78, 5) is 21.0. The van der Waals surface area contributed by atoms with Crippen molar-refractivity contribution in [3.8, 4) is 11.4 Å². The highest BCUT2D eigenvalue weighted by atomic mass is 32.2. The molecule has 2 aromatic heterocycles. The van der Waals surface area contributed by atoms with E-state index in [1.165, 1.54) is 11.8 Å². The third-order valence-electron chi connectivity index (χ3n) is 5.07. The second-order valence-electron chi connectivity index (χ2n) is 6.65. The molecule has 0 atom stereocenters. The number of nitrogens with one attached hydrogen (secondary N) is 1. The Balaban J connectivity index is 1.81. The Morgan fingerprint density at radius 2 is 2.20 bits per heavy atom. The van der Waals surface area contributed by atoms with Crippen molar-refractivity contribution in [3.05, 3.63) is 23.0 Å². The normalized spacial score (nSPS) is 17.2. The zero-order valence-electron chi connectivity index (χ0n) is 14.3. The van der Waals surface area contributed by atoms with Crippen LogP contribution in [0.25, 0.3) is 11.4 Å². The Kier molecular flexibility index (Phi) is 4.47. The highest BCUT2D eigenvalue weighted by molar-refractivity contribution is 7.98. The smallest absolute Gasteiger partial charge is 0.269 e. The summed E-state index contributed by atoms with van der Waals surface area (Å²) in [5, 5.41) is 8.72. The van der Waals surface area contributed by atoms with Crippen LogP contribution in [0.2, 0.25) is 0 Å². The fourth-order valence-corrected chi connectivity index (χ4v) is 4.12. The van der Waals surface area contributed by atoms with Crippen LogP contribution in [0.15, 0.2) is 11.4 Å². The molecule has 8 heteroatoms. The molecule has 0 radical (unpaired) electrons. The fourth-order valence-electron chi connectivity index (χ4n) is 3.78. The maximum atomic E-state index is 11.9. The minimum Gasteiger partial charge on any atom is -0.364 e. The van der Waals surface area contributed by atoms with Crippen molar-refractivity contribution in [2.24, 2.45) is 11.7 Å². The molecule has 1 saturated heterocycles. The first-order valence-electron chi connectivity index (χ1n) is 8.68. The second-order valence-corrected chi connectivity index (χ2v) is 7.42. The third-order valence-corrected chi connectivity index (χ3v) is 5.63. The molecule has 3 N–H and O–H groups in total. The number of aromatic nitrogens is 4. The largest absolute Gasteiger partial charge is 0.364 e. The van der Waals surface area contributed by atoms with E-state index in [0.29, 0.717) is 11.6 Å². The highest BCUT2D eigenvalue weighted by Gasteiger charge is 2.30. The SMILES string of the molecule is CSc1ncc2c(n1)-c1c(c(C(N)=O)nn1CC1CCNCC1)CC2. The van der Waals surface area contributed by atoms with Crippen molar-refractivity contribution in [2.75, 3.05) is 19.3 Å². The number of nitrogens with two attached hydrogens (primary N) is 1. The van der Waals surface area contributed by atoms with Crippen LogP contribution in [0.3, 0.4) is 0 Å². The van der Waals surface area contributed by atoms with Crippen molar-refractivity contribution in [1.82, 2.24) is 25.1 Å². The minimum atomic E-state index is -0.456. The lowest BCUT2D eigenvalue weighted by molar-refractivity contribution is 0.0993. The van der Waals surface area contributed by atoms with Crippen molar-refractivity contribution in [3.63, 3.8) is 0 Å². The Hall–Kier alpha value is -1.93. The standard InChI is InChI=1S/C17H22N6OS/c1-25-17-20-8-11-2-3-12-14(16(18)24)22-23(15(12)13(11)21-17)9-10-4-6-19-7-5-10/h8,10,19H,2-7,9H2,1H3,(H2,18,24). The van der Waals surface area contributed by atoms with Gasteiger partial charge in [0.1, 0.15) is 0 Å². The van der Waals surface area contributed by atoms with Crippen molar-refractivity contribution in [1.29, 1.82) is 0 Å². The number of piperidine rings is 1. The van der Waals surface area contributed by atoms with Crippen molar-refractivity contribution >= 4 is 17.7 Å². The number of rotatable bonds is 4. The summed E-state index contributed by atoms with van der Waals surface area (Å²) >= 11 is 1.52. The van der Waals surface area contributed by atoms with Crippen LogP contribution >= 0.6 is 11.8 Å². The average molecular weight is 358 g/mol. The summed E-state index contributed by atoms with van der Waals surface area (Å²) in [7, 11) is 0. The lowest BCUT2D eigenvalue weighted by Crippen LogP contribution is -2.30. The van der Waals surface area contributed by atoms with Crippen LogP contribution in [0.5, 0.6) is 0 Å². The molecule has 1 aliphatic carbocycles. The van der Waals surface area contributed by atoms with Gasteiger partial charge in [0.05, 0.1) is 11.4 Å². The van der Waals surface area contributed by atoms with Gasteiger partial charge in [-0.3, -0.25) is 9.48 Å². The van der Waals surface area contributed by atoms with Gasteiger partial charge in [0.15, 0.2) is 10.9 Å². The molecule has 0 spiro atoms. The van der Waals surface area contributed by atoms with Gasteiger partial charge in [-0.05, 0) is 56.5 Å². The average Bonchev–Trinajstić information content (AvgIpc) is 3.01. The summed E-state index contributed by atoms with van der Waals surface area (Å²) in [6.07, 6.45) is 7.68. The summed E-state index contributed by atoms with van der Waals surface area (Å²) in [5.41, 5.74) is 9.94. The van der Waals surface area contributed by atoms with E-state index in [1.54, 1.807) is 0 Å². The van der Waals surface area contributed by atoms with Gasteiger partial charge in [0.2, 0.25) is 0 Å². The van der Waals surface area contributed by atoms with Gasteiger partial charge in [0.25, 0.3) is 5.91 Å². The predicted octanol–water partition coefficient (Wildman–Crippen LogP) is 1.26. The number of hydrogen-bond donors (Lipinski definition) is 2. The summed E-state index contributed by atoms with van der Waals surface area (Å²) < 4.78 is 1.97. The van der Waals surface area contributed by atoms with E-state index in [-0.39, 0.29) is 0 Å². The van der Waals surface area contributed by atoms with Gasteiger partial charge in [-0.15, -0.1) is 0 Å². The molecule has 2 aliphatic rings. The Labute approximate surface area is 150 Å². The zero-order valence-corrected chi connectivity index (χ0v) is 15.1. The predicted molar refractivity (Wildman–Crippen MR) is 96.6 cm³/mol. The fraction of sp³-hybridized carbons (Fsp3) is 0.529. The quantitative estimate of drug-likeness (QED) is 0.631. The maximum absolute atomic E-state index is 11.9. The number of aryl methyl sites for hydroxylation is 1. The van der Waals surface area contributed by atoms with Crippen LogP contribution in [-0.4, -0.2) is 45.0 Å². The van der Waals surface area contributed by atoms with Crippen LogP contribution in [-0.2, 0) is 19.4 Å². The molecule has 1 amide bonds. The first-order valence-corrected chi connectivity index (χ1v) is 9.90. The Morgan fingerprint density at radius 1 is 1.40 bits per heavy atom. The number of primary amides is 1. The van der Waals surface area contributed by atoms with Crippen molar-refractivity contribution < 1.29 is 4.79 Å². The van der Waals surface area contributed by atoms with Crippen LogP contribution in [0, 0.1) is 5.92 Å². The maximum Gasteiger partial charge on any atom is 0.269 e. The van der Waals surface area contributed by atoms with E-state index < -0.39 is 5.91 Å². The topological polar surface area (TPSA) is 98.7 Å². The minimum absolute atomic E-state index is 0.402. The number of fused-ring (bicyclic) bond motifs is 3. The number of thioether (sulfide) groups is 1. The zero-order chi connectivity index (χ0) is 17.4. The molecule has 25 heavy (non-hydrogen) atoms. The molecule has 4 rings (SSSR count). The van der Waals surface area contributed by atoms with Gasteiger partial charge in [-0.25, -0.2) is 9.97 Å². The van der Waals surface area contributed by atoms with Crippen LogP contribution in [0.4, 0.5) is 0 Å². The number of amides is 1. The molecule has 1 fully saturated rings. The van der Waals surface area contributed by atoms with Gasteiger partial charge < -0.3 is 11.1 Å². The molecule has 7 nitrogen and oxygen atoms in total. The van der Waals surface area contributed by atoms with E-state index in [9.17, 15) is 4.79 Å². The summed E-state index contributed by atoms with van der Waals surface area (Å²) in [6, 6.07) is 0. The number of carbonyl (C=O) groups is 1.